The Bertz CT molecular complexity index is 1300. The summed E-state index contributed by atoms with van der Waals surface area (Å²) in [6.07, 6.45) is 3.09. The van der Waals surface area contributed by atoms with E-state index in [1.165, 1.54) is 0 Å². The molecule has 0 aromatic heterocycles. The van der Waals surface area contributed by atoms with Crippen molar-refractivity contribution in [2.45, 2.75) is 18.2 Å². The predicted molar refractivity (Wildman–Crippen MR) is 155 cm³/mol. The van der Waals surface area contributed by atoms with E-state index in [2.05, 4.69) is 0 Å². The highest BCUT2D eigenvalue weighted by molar-refractivity contribution is 6.35. The minimum Gasteiger partial charge on any atom is -0.484 e. The number of Topliss-reactive ketones (excluding diaryl/α,β-unsaturated/α-hetero) is 1. The molecule has 4 rings (SSSR count). The maximum Gasteiger partial charge on any atom is 0.189 e. The molecule has 0 saturated carbocycles. The lowest BCUT2D eigenvalue weighted by Gasteiger charge is -2.31. The second-order valence-electron chi connectivity index (χ2n) is 8.49. The fraction of sp³-hybridized carbons (Fsp3) is 0.222. The molecule has 0 N–H and O–H groups in total. The maximum absolute atomic E-state index is 12.5. The Morgan fingerprint density at radius 2 is 1.50 bits per heavy atom. The molecule has 5 nitrogen and oxygen atoms in total. The molecule has 1 aliphatic rings. The van der Waals surface area contributed by atoms with Gasteiger partial charge in [-0.2, -0.15) is 0 Å². The van der Waals surface area contributed by atoms with Crippen LogP contribution in [0.2, 0.25) is 25.1 Å². The molecular formula is C27H22Cl6N2O3. The highest BCUT2D eigenvalue weighted by atomic mass is 35.5. The van der Waals surface area contributed by atoms with Crippen LogP contribution in [0.1, 0.15) is 17.2 Å². The number of hydrogen-bond acceptors (Lipinski definition) is 5. The first-order chi connectivity index (χ1) is 18.2. The number of benzene rings is 3. The average molecular weight is 635 g/mol. The van der Waals surface area contributed by atoms with Gasteiger partial charge in [0.15, 0.2) is 5.78 Å². The first-order valence-corrected chi connectivity index (χ1v) is 13.7. The molecule has 38 heavy (non-hydrogen) atoms. The summed E-state index contributed by atoms with van der Waals surface area (Å²) in [4.78, 5) is 16.3. The zero-order chi connectivity index (χ0) is 27.2. The largest absolute Gasteiger partial charge is 0.484 e. The number of ether oxygens (including phenoxy) is 2. The number of carbonyl (C=O) groups excluding carboxylic acids is 1. The minimum atomic E-state index is -0.595. The molecule has 0 aliphatic carbocycles. The van der Waals surface area contributed by atoms with E-state index >= 15 is 0 Å². The number of alkyl halides is 1. The van der Waals surface area contributed by atoms with Gasteiger partial charge in [-0.15, -0.1) is 0 Å². The van der Waals surface area contributed by atoms with Crippen molar-refractivity contribution >= 4 is 75.4 Å². The van der Waals surface area contributed by atoms with Gasteiger partial charge in [0.25, 0.3) is 0 Å². The van der Waals surface area contributed by atoms with E-state index in [1.54, 1.807) is 48.7 Å². The maximum atomic E-state index is 12.5. The lowest BCUT2D eigenvalue weighted by atomic mass is 10.1. The topological polar surface area (TPSA) is 42.0 Å². The number of rotatable bonds is 11. The summed E-state index contributed by atoms with van der Waals surface area (Å²) in [5.74, 6) is 0.268. The van der Waals surface area contributed by atoms with Gasteiger partial charge in [-0.05, 0) is 53.6 Å². The second kappa shape index (κ2) is 13.5. The Hall–Kier alpha value is -1.83. The molecule has 0 amide bonds. The third kappa shape index (κ3) is 7.86. The summed E-state index contributed by atoms with van der Waals surface area (Å²) >= 11 is 37.4. The molecule has 2 unspecified atom stereocenters. The summed E-state index contributed by atoms with van der Waals surface area (Å²) in [6, 6.07) is 17.4. The third-order valence-corrected chi connectivity index (χ3v) is 7.52. The van der Waals surface area contributed by atoms with Crippen LogP contribution in [0.25, 0.3) is 0 Å². The monoisotopic (exact) mass is 632 g/mol. The number of hydrogen-bond donors (Lipinski definition) is 0. The Kier molecular flexibility index (Phi) is 10.4. The first kappa shape index (κ1) is 29.2. The van der Waals surface area contributed by atoms with Crippen LogP contribution >= 0.6 is 69.6 Å². The number of ketones is 1. The standard InChI is InChI=1S/C27H22Cl6N2O3/c28-19-4-1-17(2-5-19)26(38-14-18-3-6-20(29)11-23(18)31)27(33)35-10-9-34(16-35)13-22(36)15-37-25-8-7-21(30)12-24(25)32/h1-12,26-27H,13-16H2. The molecular weight excluding hydrogens is 613 g/mol. The van der Waals surface area contributed by atoms with Crippen LogP contribution in [-0.4, -0.2) is 40.9 Å². The molecule has 2 atom stereocenters. The van der Waals surface area contributed by atoms with Crippen molar-refractivity contribution in [3.63, 3.8) is 0 Å². The van der Waals surface area contributed by atoms with Crippen molar-refractivity contribution in [3.05, 3.63) is 109 Å². The molecule has 200 valence electrons. The molecule has 1 aliphatic heterocycles. The van der Waals surface area contributed by atoms with Gasteiger partial charge in [-0.25, -0.2) is 0 Å². The van der Waals surface area contributed by atoms with E-state index in [-0.39, 0.29) is 25.5 Å². The van der Waals surface area contributed by atoms with Gasteiger partial charge in [0, 0.05) is 32.5 Å². The summed E-state index contributed by atoms with van der Waals surface area (Å²) in [6.45, 7) is 0.608. The number of nitrogens with zero attached hydrogens (tertiary/aromatic N) is 2. The summed E-state index contributed by atoms with van der Waals surface area (Å²) in [7, 11) is 0. The van der Waals surface area contributed by atoms with Crippen LogP contribution < -0.4 is 4.74 Å². The Balaban J connectivity index is 1.37. The minimum absolute atomic E-state index is 0.128. The quantitative estimate of drug-likeness (QED) is 0.156. The lowest BCUT2D eigenvalue weighted by Crippen LogP contribution is -2.37. The highest BCUT2D eigenvalue weighted by Gasteiger charge is 2.30. The van der Waals surface area contributed by atoms with E-state index in [1.807, 2.05) is 34.2 Å². The van der Waals surface area contributed by atoms with Crippen LogP contribution in [0.5, 0.6) is 5.75 Å². The van der Waals surface area contributed by atoms with Crippen molar-refractivity contribution in [2.24, 2.45) is 0 Å². The van der Waals surface area contributed by atoms with Gasteiger partial charge in [-0.3, -0.25) is 4.79 Å². The smallest absolute Gasteiger partial charge is 0.189 e. The summed E-state index contributed by atoms with van der Waals surface area (Å²) in [5, 5.41) is 2.49. The van der Waals surface area contributed by atoms with E-state index in [0.717, 1.165) is 11.1 Å². The van der Waals surface area contributed by atoms with Crippen LogP contribution in [0, 0.1) is 0 Å². The third-order valence-electron chi connectivity index (χ3n) is 5.67. The zero-order valence-electron chi connectivity index (χ0n) is 19.8. The van der Waals surface area contributed by atoms with Crippen LogP contribution in [0.3, 0.4) is 0 Å². The van der Waals surface area contributed by atoms with E-state index in [4.69, 9.17) is 79.1 Å². The molecule has 0 spiro atoms. The van der Waals surface area contributed by atoms with Gasteiger partial charge in [0.2, 0.25) is 0 Å². The molecule has 0 saturated heterocycles. The fourth-order valence-electron chi connectivity index (χ4n) is 3.75. The lowest BCUT2D eigenvalue weighted by molar-refractivity contribution is -0.121. The van der Waals surface area contributed by atoms with Crippen LogP contribution in [0.4, 0.5) is 0 Å². The van der Waals surface area contributed by atoms with Gasteiger partial charge < -0.3 is 19.3 Å². The molecule has 0 radical (unpaired) electrons. The number of carbonyl (C=O) groups is 1. The molecule has 1 heterocycles. The first-order valence-electron chi connectivity index (χ1n) is 11.4. The van der Waals surface area contributed by atoms with Gasteiger partial charge in [0.1, 0.15) is 24.0 Å². The van der Waals surface area contributed by atoms with E-state index in [9.17, 15) is 4.79 Å². The summed E-state index contributed by atoms with van der Waals surface area (Å²) < 4.78 is 11.8. The van der Waals surface area contributed by atoms with Gasteiger partial charge in [-0.1, -0.05) is 87.8 Å². The SMILES string of the molecule is O=C(COc1ccc(Cl)cc1Cl)CN1C=CN(C(Cl)C(OCc2ccc(Cl)cc2Cl)c2ccc(Cl)cc2)C1. The van der Waals surface area contributed by atoms with Crippen LogP contribution in [0.15, 0.2) is 73.1 Å². The molecule has 0 bridgehead atoms. The van der Waals surface area contributed by atoms with Crippen LogP contribution in [-0.2, 0) is 16.1 Å². The molecule has 3 aromatic carbocycles. The Labute approximate surface area is 251 Å². The normalized spacial score (nSPS) is 14.6. The predicted octanol–water partition coefficient (Wildman–Crippen LogP) is 8.47. The van der Waals surface area contributed by atoms with Crippen molar-refractivity contribution in [1.29, 1.82) is 0 Å². The molecule has 11 heteroatoms. The van der Waals surface area contributed by atoms with Gasteiger partial charge in [0.05, 0.1) is 24.8 Å². The van der Waals surface area contributed by atoms with Gasteiger partial charge >= 0.3 is 0 Å². The fourth-order valence-corrected chi connectivity index (χ4v) is 5.15. The molecule has 0 fully saturated rings. The van der Waals surface area contributed by atoms with E-state index in [0.29, 0.717) is 37.5 Å². The highest BCUT2D eigenvalue weighted by Crippen LogP contribution is 2.33. The van der Waals surface area contributed by atoms with Crippen molar-refractivity contribution in [1.82, 2.24) is 9.80 Å². The average Bonchev–Trinajstić information content (AvgIpc) is 3.34. The number of halogens is 6. The summed E-state index contributed by atoms with van der Waals surface area (Å²) in [5.41, 5.74) is 1.03. The van der Waals surface area contributed by atoms with Crippen molar-refractivity contribution in [2.75, 3.05) is 19.8 Å². The van der Waals surface area contributed by atoms with E-state index < -0.39 is 11.6 Å². The molecule has 3 aromatic rings. The van der Waals surface area contributed by atoms with Crippen molar-refractivity contribution < 1.29 is 14.3 Å². The van der Waals surface area contributed by atoms with Crippen molar-refractivity contribution in [3.8, 4) is 5.75 Å². The Morgan fingerprint density at radius 3 is 2.18 bits per heavy atom. The Morgan fingerprint density at radius 1 is 0.842 bits per heavy atom. The second-order valence-corrected chi connectivity index (χ2v) is 11.1. The zero-order valence-corrected chi connectivity index (χ0v) is 24.3.